The summed E-state index contributed by atoms with van der Waals surface area (Å²) in [6.07, 6.45) is 2.87. The quantitative estimate of drug-likeness (QED) is 0.933. The number of benzene rings is 1. The van der Waals surface area contributed by atoms with Gasteiger partial charge in [0.2, 0.25) is 0 Å². The summed E-state index contributed by atoms with van der Waals surface area (Å²) in [5.74, 6) is 1.32. The molecule has 3 rings (SSSR count). The largest absolute Gasteiger partial charge is 0.360 e. The third-order valence-corrected chi connectivity index (χ3v) is 3.80. The van der Waals surface area contributed by atoms with E-state index in [4.69, 9.17) is 4.52 Å². The molecule has 0 unspecified atom stereocenters. The highest BCUT2D eigenvalue weighted by Gasteiger charge is 2.26. The van der Waals surface area contributed by atoms with E-state index in [0.717, 1.165) is 36.1 Å². The monoisotopic (exact) mass is 270 g/mol. The zero-order valence-electron chi connectivity index (χ0n) is 11.6. The van der Waals surface area contributed by atoms with Crippen molar-refractivity contribution in [3.8, 4) is 0 Å². The fourth-order valence-electron chi connectivity index (χ4n) is 2.62. The molecule has 0 radical (unpaired) electrons. The van der Waals surface area contributed by atoms with Gasteiger partial charge in [-0.25, -0.2) is 0 Å². The number of fused-ring (bicyclic) bond motifs is 1. The Morgan fingerprint density at radius 3 is 3.00 bits per heavy atom. The van der Waals surface area contributed by atoms with Gasteiger partial charge < -0.3 is 9.84 Å². The number of nitrogens with one attached hydrogen (secondary N) is 1. The number of hydrogen-bond donors (Lipinski definition) is 1. The Morgan fingerprint density at radius 2 is 2.20 bits per heavy atom. The van der Waals surface area contributed by atoms with Gasteiger partial charge in [0.15, 0.2) is 5.69 Å². The van der Waals surface area contributed by atoms with Crippen molar-refractivity contribution in [1.29, 1.82) is 0 Å². The number of aryl methyl sites for hydroxylation is 1. The molecule has 1 atom stereocenters. The molecule has 1 aliphatic rings. The van der Waals surface area contributed by atoms with Gasteiger partial charge in [0.05, 0.1) is 0 Å². The number of aromatic nitrogens is 1. The molecule has 1 aromatic carbocycles. The fraction of sp³-hybridized carbons (Fsp3) is 0.375. The van der Waals surface area contributed by atoms with Gasteiger partial charge in [0.25, 0.3) is 5.91 Å². The highest BCUT2D eigenvalue weighted by Crippen LogP contribution is 2.27. The number of carbonyl (C=O) groups is 1. The predicted molar refractivity (Wildman–Crippen MR) is 75.3 cm³/mol. The first-order valence-corrected chi connectivity index (χ1v) is 7.03. The minimum Gasteiger partial charge on any atom is -0.360 e. The number of rotatable bonds is 3. The molecular formula is C16H18N2O2. The van der Waals surface area contributed by atoms with E-state index in [1.807, 2.05) is 30.3 Å². The van der Waals surface area contributed by atoms with Gasteiger partial charge in [-0.1, -0.05) is 42.4 Å². The summed E-state index contributed by atoms with van der Waals surface area (Å²) < 4.78 is 5.30. The summed E-state index contributed by atoms with van der Waals surface area (Å²) in [6, 6.07) is 9.85. The summed E-state index contributed by atoms with van der Waals surface area (Å²) in [4.78, 5) is 12.2. The maximum atomic E-state index is 12.2. The van der Waals surface area contributed by atoms with Crippen molar-refractivity contribution in [3.63, 3.8) is 0 Å². The average Bonchev–Trinajstić information content (AvgIpc) is 2.89. The third kappa shape index (κ3) is 2.59. The van der Waals surface area contributed by atoms with Crippen LogP contribution in [0, 0.1) is 5.92 Å². The Bertz CT molecular complexity index is 604. The molecule has 0 spiro atoms. The molecule has 2 aromatic rings. The van der Waals surface area contributed by atoms with Crippen LogP contribution in [0.1, 0.15) is 40.7 Å². The molecule has 0 saturated carbocycles. The Hall–Kier alpha value is -2.10. The van der Waals surface area contributed by atoms with Crippen LogP contribution in [0.4, 0.5) is 0 Å². The molecule has 0 saturated heterocycles. The summed E-state index contributed by atoms with van der Waals surface area (Å²) in [5.41, 5.74) is 2.53. The second-order valence-corrected chi connectivity index (χ2v) is 5.45. The highest BCUT2D eigenvalue weighted by molar-refractivity contribution is 5.93. The van der Waals surface area contributed by atoms with Gasteiger partial charge in [-0.05, 0) is 24.3 Å². The molecule has 1 amide bonds. The topological polar surface area (TPSA) is 55.1 Å². The number of hydrogen-bond acceptors (Lipinski definition) is 3. The van der Waals surface area contributed by atoms with Gasteiger partial charge in [-0.15, -0.1) is 0 Å². The van der Waals surface area contributed by atoms with Gasteiger partial charge in [0, 0.05) is 18.5 Å². The highest BCUT2D eigenvalue weighted by atomic mass is 16.5. The maximum absolute atomic E-state index is 12.2. The van der Waals surface area contributed by atoms with Crippen LogP contribution in [0.15, 0.2) is 34.9 Å². The smallest absolute Gasteiger partial charge is 0.274 e. The van der Waals surface area contributed by atoms with Crippen LogP contribution >= 0.6 is 0 Å². The van der Waals surface area contributed by atoms with Crippen molar-refractivity contribution in [1.82, 2.24) is 10.5 Å². The Morgan fingerprint density at radius 1 is 1.40 bits per heavy atom. The number of carbonyl (C=O) groups excluding carboxylic acids is 1. The fourth-order valence-corrected chi connectivity index (χ4v) is 2.62. The van der Waals surface area contributed by atoms with Crippen LogP contribution in [0.2, 0.25) is 0 Å². The van der Waals surface area contributed by atoms with E-state index >= 15 is 0 Å². The normalized spacial score (nSPS) is 17.6. The van der Waals surface area contributed by atoms with Gasteiger partial charge in [0.1, 0.15) is 5.76 Å². The zero-order chi connectivity index (χ0) is 13.9. The lowest BCUT2D eigenvalue weighted by molar-refractivity contribution is 0.0941. The van der Waals surface area contributed by atoms with Crippen LogP contribution < -0.4 is 5.32 Å². The first-order chi connectivity index (χ1) is 9.74. The molecule has 20 heavy (non-hydrogen) atoms. The molecule has 1 N–H and O–H groups in total. The van der Waals surface area contributed by atoms with E-state index in [1.165, 1.54) is 0 Å². The van der Waals surface area contributed by atoms with Crippen molar-refractivity contribution in [2.75, 3.05) is 0 Å². The van der Waals surface area contributed by atoms with Crippen LogP contribution in [0.3, 0.4) is 0 Å². The van der Waals surface area contributed by atoms with E-state index in [1.54, 1.807) is 0 Å². The maximum Gasteiger partial charge on any atom is 0.274 e. The molecule has 0 fully saturated rings. The first-order valence-electron chi connectivity index (χ1n) is 7.03. The Balaban J connectivity index is 1.70. The predicted octanol–water partition coefficient (Wildman–Crippen LogP) is 2.73. The summed E-state index contributed by atoms with van der Waals surface area (Å²) in [5, 5.41) is 6.86. The molecular weight excluding hydrogens is 252 g/mol. The van der Waals surface area contributed by atoms with Crippen molar-refractivity contribution in [3.05, 3.63) is 52.9 Å². The number of amides is 1. The van der Waals surface area contributed by atoms with Crippen molar-refractivity contribution >= 4 is 5.91 Å². The van der Waals surface area contributed by atoms with Gasteiger partial charge in [-0.3, -0.25) is 4.79 Å². The SMILES string of the molecule is C[C@@H]1CCc2onc(C(=O)NCc3ccccc3)c2C1. The van der Waals surface area contributed by atoms with E-state index in [2.05, 4.69) is 17.4 Å². The lowest BCUT2D eigenvalue weighted by atomic mass is 9.88. The van der Waals surface area contributed by atoms with E-state index in [0.29, 0.717) is 18.2 Å². The second kappa shape index (κ2) is 5.49. The van der Waals surface area contributed by atoms with E-state index in [9.17, 15) is 4.79 Å². The lowest BCUT2D eigenvalue weighted by Gasteiger charge is -2.16. The van der Waals surface area contributed by atoms with E-state index < -0.39 is 0 Å². The standard InChI is InChI=1S/C16H18N2O2/c1-11-7-8-14-13(9-11)15(18-20-14)16(19)17-10-12-5-3-2-4-6-12/h2-6,11H,7-10H2,1H3,(H,17,19)/t11-/m1/s1. The summed E-state index contributed by atoms with van der Waals surface area (Å²) in [7, 11) is 0. The molecule has 0 aliphatic heterocycles. The summed E-state index contributed by atoms with van der Waals surface area (Å²) in [6.45, 7) is 2.71. The first kappa shape index (κ1) is 12.9. The third-order valence-electron chi connectivity index (χ3n) is 3.80. The zero-order valence-corrected chi connectivity index (χ0v) is 11.6. The Labute approximate surface area is 118 Å². The van der Waals surface area contributed by atoms with Crippen molar-refractivity contribution < 1.29 is 9.32 Å². The van der Waals surface area contributed by atoms with Crippen LogP contribution in [-0.4, -0.2) is 11.1 Å². The summed E-state index contributed by atoms with van der Waals surface area (Å²) >= 11 is 0. The van der Waals surface area contributed by atoms with Crippen molar-refractivity contribution in [2.45, 2.75) is 32.7 Å². The van der Waals surface area contributed by atoms with E-state index in [-0.39, 0.29) is 5.91 Å². The second-order valence-electron chi connectivity index (χ2n) is 5.45. The van der Waals surface area contributed by atoms with Gasteiger partial charge >= 0.3 is 0 Å². The molecule has 104 valence electrons. The Kier molecular flexibility index (Phi) is 3.54. The molecule has 1 aromatic heterocycles. The van der Waals surface area contributed by atoms with Gasteiger partial charge in [-0.2, -0.15) is 0 Å². The molecule has 1 aliphatic carbocycles. The van der Waals surface area contributed by atoms with Crippen LogP contribution in [-0.2, 0) is 19.4 Å². The molecule has 4 heteroatoms. The van der Waals surface area contributed by atoms with Crippen LogP contribution in [0.25, 0.3) is 0 Å². The van der Waals surface area contributed by atoms with Crippen molar-refractivity contribution in [2.24, 2.45) is 5.92 Å². The lowest BCUT2D eigenvalue weighted by Crippen LogP contribution is -2.25. The molecule has 0 bridgehead atoms. The number of nitrogens with zero attached hydrogens (tertiary/aromatic N) is 1. The average molecular weight is 270 g/mol. The molecule has 4 nitrogen and oxygen atoms in total. The molecule has 1 heterocycles. The minimum absolute atomic E-state index is 0.145. The van der Waals surface area contributed by atoms with Crippen LogP contribution in [0.5, 0.6) is 0 Å². The minimum atomic E-state index is -0.145.